The summed E-state index contributed by atoms with van der Waals surface area (Å²) in [6, 6.07) is 30.5. The van der Waals surface area contributed by atoms with E-state index >= 15 is 0 Å². The van der Waals surface area contributed by atoms with Crippen LogP contribution in [0.4, 0.5) is 5.69 Å². The molecule has 0 aliphatic heterocycles. The van der Waals surface area contributed by atoms with Crippen LogP contribution < -0.4 is 5.32 Å². The van der Waals surface area contributed by atoms with Gasteiger partial charge in [-0.2, -0.15) is 0 Å². The van der Waals surface area contributed by atoms with Crippen LogP contribution in [-0.4, -0.2) is 16.5 Å². The molecule has 162 valence electrons. The van der Waals surface area contributed by atoms with Crippen LogP contribution >= 0.6 is 7.60 Å². The van der Waals surface area contributed by atoms with Crippen LogP contribution in [0.15, 0.2) is 84.9 Å². The number of benzene rings is 4. The molecular formula is C26H30NO3P. The highest BCUT2D eigenvalue weighted by atomic mass is 31.2. The summed E-state index contributed by atoms with van der Waals surface area (Å²) >= 11 is 0. The van der Waals surface area contributed by atoms with Crippen molar-refractivity contribution in [1.29, 1.82) is 0 Å². The maximum Gasteiger partial charge on any atom is 0.322 e. The van der Waals surface area contributed by atoms with E-state index in [0.717, 1.165) is 19.5 Å². The zero-order valence-corrected chi connectivity index (χ0v) is 19.1. The molecule has 0 radical (unpaired) electrons. The Bertz CT molecular complexity index is 1130. The highest BCUT2D eigenvalue weighted by Gasteiger charge is 2.29. The Morgan fingerprint density at radius 1 is 0.774 bits per heavy atom. The van der Waals surface area contributed by atoms with E-state index in [0.29, 0.717) is 0 Å². The molecule has 0 atom stereocenters. The minimum atomic E-state index is -3.64. The molecule has 0 spiro atoms. The summed E-state index contributed by atoms with van der Waals surface area (Å²) in [6.07, 6.45) is 2.07. The molecule has 4 aromatic carbocycles. The number of hydrogen-bond donors (Lipinski definition) is 3. The fourth-order valence-corrected chi connectivity index (χ4v) is 4.05. The van der Waals surface area contributed by atoms with Gasteiger partial charge in [0.15, 0.2) is 0 Å². The summed E-state index contributed by atoms with van der Waals surface area (Å²) in [5, 5.41) is 9.13. The monoisotopic (exact) mass is 435 g/mol. The first-order chi connectivity index (χ1) is 14.8. The quantitative estimate of drug-likeness (QED) is 0.235. The van der Waals surface area contributed by atoms with E-state index in [1.165, 1.54) is 32.8 Å². The minimum Gasteiger partial charge on any atom is -0.375 e. The van der Waals surface area contributed by atoms with Gasteiger partial charge in [0.05, 0.1) is 11.2 Å². The third-order valence-corrected chi connectivity index (χ3v) is 5.67. The lowest BCUT2D eigenvalue weighted by atomic mass is 9.83. The SMILES string of the molecule is CCC(CC)(Nc1c2ccccc2cc2ccccc12)c1ccccc1.CP(=O)(O)O. The second-order valence-corrected chi connectivity index (χ2v) is 9.48. The largest absolute Gasteiger partial charge is 0.375 e. The topological polar surface area (TPSA) is 69.6 Å². The molecule has 31 heavy (non-hydrogen) atoms. The summed E-state index contributed by atoms with van der Waals surface area (Å²) in [5.41, 5.74) is 2.52. The van der Waals surface area contributed by atoms with Gasteiger partial charge < -0.3 is 15.1 Å². The first-order valence-corrected chi connectivity index (χ1v) is 12.6. The van der Waals surface area contributed by atoms with E-state index in [4.69, 9.17) is 9.79 Å². The highest BCUT2D eigenvalue weighted by molar-refractivity contribution is 7.50. The fraction of sp³-hybridized carbons (Fsp3) is 0.231. The Morgan fingerprint density at radius 2 is 1.19 bits per heavy atom. The van der Waals surface area contributed by atoms with Gasteiger partial charge in [0.2, 0.25) is 0 Å². The Hall–Kier alpha value is -2.65. The molecule has 0 unspecified atom stereocenters. The van der Waals surface area contributed by atoms with Gasteiger partial charge in [-0.15, -0.1) is 0 Å². The molecule has 5 heteroatoms. The van der Waals surface area contributed by atoms with Crippen LogP contribution in [-0.2, 0) is 10.1 Å². The van der Waals surface area contributed by atoms with Gasteiger partial charge in [0.25, 0.3) is 0 Å². The van der Waals surface area contributed by atoms with Crippen LogP contribution in [0.2, 0.25) is 0 Å². The van der Waals surface area contributed by atoms with E-state index in [2.05, 4.69) is 104 Å². The Kier molecular flexibility index (Phi) is 7.17. The third-order valence-electron chi connectivity index (χ3n) is 5.67. The van der Waals surface area contributed by atoms with Gasteiger partial charge >= 0.3 is 7.60 Å². The molecule has 0 fully saturated rings. The predicted octanol–water partition coefficient (Wildman–Crippen LogP) is 6.91. The number of nitrogens with one attached hydrogen (secondary N) is 1. The molecule has 0 amide bonds. The Labute approximate surface area is 184 Å². The third kappa shape index (κ3) is 5.54. The molecule has 0 saturated carbocycles. The van der Waals surface area contributed by atoms with Crippen molar-refractivity contribution in [3.63, 3.8) is 0 Å². The van der Waals surface area contributed by atoms with Crippen LogP contribution in [0, 0.1) is 0 Å². The van der Waals surface area contributed by atoms with Gasteiger partial charge in [-0.25, -0.2) is 0 Å². The van der Waals surface area contributed by atoms with E-state index in [-0.39, 0.29) is 5.54 Å². The zero-order valence-electron chi connectivity index (χ0n) is 18.2. The van der Waals surface area contributed by atoms with Crippen molar-refractivity contribution in [2.45, 2.75) is 32.2 Å². The van der Waals surface area contributed by atoms with E-state index in [1.807, 2.05) is 0 Å². The van der Waals surface area contributed by atoms with Crippen molar-refractivity contribution in [3.05, 3.63) is 90.5 Å². The van der Waals surface area contributed by atoms with Crippen molar-refractivity contribution in [2.24, 2.45) is 0 Å². The molecule has 0 heterocycles. The molecule has 3 N–H and O–H groups in total. The maximum atomic E-state index is 9.33. The number of hydrogen-bond acceptors (Lipinski definition) is 2. The standard InChI is InChI=1S/C25H25N.CH5O3P/c1-3-25(4-2,21-14-6-5-7-15-21)26-24-22-16-10-8-12-19(22)18-20-13-9-11-17-23(20)24;1-5(2,3)4/h5-18,26H,3-4H2,1-2H3;1H3,(H2,2,3,4). The first-order valence-electron chi connectivity index (χ1n) is 10.5. The van der Waals surface area contributed by atoms with Gasteiger partial charge in [0.1, 0.15) is 0 Å². The summed E-state index contributed by atoms with van der Waals surface area (Å²) in [6.45, 7) is 5.40. The van der Waals surface area contributed by atoms with Crippen LogP contribution in [0.5, 0.6) is 0 Å². The maximum absolute atomic E-state index is 9.33. The minimum absolute atomic E-state index is 0.0752. The van der Waals surface area contributed by atoms with Gasteiger partial charge in [-0.1, -0.05) is 92.7 Å². The second kappa shape index (κ2) is 9.65. The Balaban J connectivity index is 0.000000491. The summed E-state index contributed by atoms with van der Waals surface area (Å²) in [4.78, 5) is 15.3. The van der Waals surface area contributed by atoms with Gasteiger partial charge in [0, 0.05) is 17.4 Å². The lowest BCUT2D eigenvalue weighted by Crippen LogP contribution is -2.34. The smallest absolute Gasteiger partial charge is 0.322 e. The lowest BCUT2D eigenvalue weighted by Gasteiger charge is -2.36. The van der Waals surface area contributed by atoms with Crippen molar-refractivity contribution in [2.75, 3.05) is 12.0 Å². The molecule has 0 aliphatic carbocycles. The molecular weight excluding hydrogens is 405 g/mol. The van der Waals surface area contributed by atoms with Crippen LogP contribution in [0.1, 0.15) is 32.3 Å². The summed E-state index contributed by atoms with van der Waals surface area (Å²) < 4.78 is 9.33. The molecule has 4 aromatic rings. The molecule has 0 aliphatic rings. The first kappa shape index (κ1) is 23.0. The van der Waals surface area contributed by atoms with Crippen molar-refractivity contribution < 1.29 is 14.4 Å². The van der Waals surface area contributed by atoms with E-state index in [1.54, 1.807) is 0 Å². The summed E-state index contributed by atoms with van der Waals surface area (Å²) in [7, 11) is -3.64. The normalized spacial score (nSPS) is 11.8. The van der Waals surface area contributed by atoms with Gasteiger partial charge in [-0.3, -0.25) is 4.57 Å². The van der Waals surface area contributed by atoms with E-state index < -0.39 is 7.60 Å². The van der Waals surface area contributed by atoms with E-state index in [9.17, 15) is 4.57 Å². The average Bonchev–Trinajstić information content (AvgIpc) is 2.76. The molecule has 0 bridgehead atoms. The number of fused-ring (bicyclic) bond motifs is 2. The number of rotatable bonds is 5. The zero-order chi connectivity index (χ0) is 22.5. The van der Waals surface area contributed by atoms with Crippen LogP contribution in [0.25, 0.3) is 21.5 Å². The lowest BCUT2D eigenvalue weighted by molar-refractivity contribution is 0.381. The molecule has 0 aromatic heterocycles. The Morgan fingerprint density at radius 3 is 1.65 bits per heavy atom. The average molecular weight is 436 g/mol. The van der Waals surface area contributed by atoms with Crippen molar-refractivity contribution in [1.82, 2.24) is 0 Å². The second-order valence-electron chi connectivity index (χ2n) is 7.81. The highest BCUT2D eigenvalue weighted by Crippen LogP contribution is 2.39. The predicted molar refractivity (Wildman–Crippen MR) is 132 cm³/mol. The molecule has 4 nitrogen and oxygen atoms in total. The molecule has 4 rings (SSSR count). The van der Waals surface area contributed by atoms with Gasteiger partial charge in [-0.05, 0) is 35.2 Å². The number of anilines is 1. The fourth-order valence-electron chi connectivity index (χ4n) is 4.05. The van der Waals surface area contributed by atoms with Crippen molar-refractivity contribution >= 4 is 34.8 Å². The van der Waals surface area contributed by atoms with Crippen molar-refractivity contribution in [3.8, 4) is 0 Å². The molecule has 0 saturated heterocycles. The van der Waals surface area contributed by atoms with Crippen LogP contribution in [0.3, 0.4) is 0 Å². The summed E-state index contributed by atoms with van der Waals surface area (Å²) in [5.74, 6) is 0.